The van der Waals surface area contributed by atoms with Gasteiger partial charge in [-0.25, -0.2) is 4.98 Å². The third-order valence-corrected chi connectivity index (χ3v) is 5.54. The molecule has 0 spiro atoms. The van der Waals surface area contributed by atoms with Crippen LogP contribution in [0.1, 0.15) is 30.7 Å². The molecule has 0 unspecified atom stereocenters. The number of methoxy groups -OCH3 is 1. The van der Waals surface area contributed by atoms with E-state index in [4.69, 9.17) is 14.1 Å². The lowest BCUT2D eigenvalue weighted by Crippen LogP contribution is -2.41. The first-order chi connectivity index (χ1) is 13.2. The van der Waals surface area contributed by atoms with Crippen molar-refractivity contribution in [1.29, 1.82) is 0 Å². The average Bonchev–Trinajstić information content (AvgIpc) is 3.07. The molecule has 0 radical (unpaired) electrons. The molecule has 0 saturated carbocycles. The van der Waals surface area contributed by atoms with Crippen LogP contribution in [0.15, 0.2) is 40.8 Å². The second-order valence-corrected chi connectivity index (χ2v) is 7.19. The minimum Gasteiger partial charge on any atom is -0.496 e. The summed E-state index contributed by atoms with van der Waals surface area (Å²) in [6.45, 7) is 3.88. The summed E-state index contributed by atoms with van der Waals surface area (Å²) >= 11 is 0. The van der Waals surface area contributed by atoms with Crippen LogP contribution in [0, 0.1) is 6.92 Å². The van der Waals surface area contributed by atoms with Gasteiger partial charge in [-0.1, -0.05) is 30.7 Å². The second-order valence-electron chi connectivity index (χ2n) is 7.19. The Balaban J connectivity index is 1.69. The van der Waals surface area contributed by atoms with Crippen molar-refractivity contribution in [3.05, 3.63) is 47.9 Å². The van der Waals surface area contributed by atoms with Gasteiger partial charge in [0, 0.05) is 23.5 Å². The highest BCUT2D eigenvalue weighted by molar-refractivity contribution is 5.98. The maximum atomic E-state index is 9.66. The summed E-state index contributed by atoms with van der Waals surface area (Å²) < 4.78 is 11.5. The van der Waals surface area contributed by atoms with Gasteiger partial charge in [-0.2, -0.15) is 0 Å². The minimum atomic E-state index is 0.201. The zero-order chi connectivity index (χ0) is 18.8. The van der Waals surface area contributed by atoms with Gasteiger partial charge in [0.15, 0.2) is 0 Å². The zero-order valence-corrected chi connectivity index (χ0v) is 15.9. The number of aryl methyl sites for hydroxylation is 1. The Labute approximate surface area is 159 Å². The number of fused-ring (bicyclic) bond motifs is 1. The molecule has 2 heterocycles. The lowest BCUT2D eigenvalue weighted by Gasteiger charge is -2.33. The molecule has 0 bridgehead atoms. The Kier molecular flexibility index (Phi) is 5.14. The number of aromatic nitrogens is 1. The molecule has 1 N–H and O–H groups in total. The van der Waals surface area contributed by atoms with Gasteiger partial charge < -0.3 is 14.3 Å². The lowest BCUT2D eigenvalue weighted by molar-refractivity contribution is 0.0828. The molecule has 1 atom stereocenters. The Morgan fingerprint density at radius 1 is 1.19 bits per heavy atom. The van der Waals surface area contributed by atoms with Gasteiger partial charge >= 0.3 is 0 Å². The van der Waals surface area contributed by atoms with E-state index in [9.17, 15) is 5.11 Å². The molecule has 1 aromatic heterocycles. The fraction of sp³-hybridized carbons (Fsp3) is 0.409. The Hall–Kier alpha value is -2.37. The van der Waals surface area contributed by atoms with Crippen LogP contribution < -0.4 is 4.74 Å². The summed E-state index contributed by atoms with van der Waals surface area (Å²) in [7, 11) is 1.69. The van der Waals surface area contributed by atoms with Crippen LogP contribution in [0.4, 0.5) is 0 Å². The van der Waals surface area contributed by atoms with Crippen molar-refractivity contribution in [2.45, 2.75) is 38.8 Å². The standard InChI is InChI=1S/C22H26N2O3/c1-15-20(13-24-12-6-5-7-16(24)14-25)23-22(27-15)19-10-11-21(26-2)18-9-4-3-8-17(18)19/h3-4,8-11,16,25H,5-7,12-14H2,1-2H3/t16-/m1/s1. The highest BCUT2D eigenvalue weighted by atomic mass is 16.5. The number of likely N-dealkylation sites (tertiary alicyclic amines) is 1. The predicted octanol–water partition coefficient (Wildman–Crippen LogP) is 4.16. The maximum Gasteiger partial charge on any atom is 0.227 e. The molecule has 2 aromatic carbocycles. The molecular weight excluding hydrogens is 340 g/mol. The van der Waals surface area contributed by atoms with Crippen LogP contribution >= 0.6 is 0 Å². The van der Waals surface area contributed by atoms with Crippen molar-refractivity contribution in [3.8, 4) is 17.2 Å². The van der Waals surface area contributed by atoms with Crippen LogP contribution in [-0.4, -0.2) is 41.3 Å². The highest BCUT2D eigenvalue weighted by Crippen LogP contribution is 2.35. The number of ether oxygens (including phenoxy) is 1. The molecular formula is C22H26N2O3. The van der Waals surface area contributed by atoms with Crippen LogP contribution in [-0.2, 0) is 6.54 Å². The molecule has 1 fully saturated rings. The fourth-order valence-electron chi connectivity index (χ4n) is 3.99. The SMILES string of the molecule is COc1ccc(-c2nc(CN3CCCC[C@@H]3CO)c(C)o2)c2ccccc12. The Morgan fingerprint density at radius 2 is 2.00 bits per heavy atom. The van der Waals surface area contributed by atoms with Gasteiger partial charge in [-0.15, -0.1) is 0 Å². The third kappa shape index (κ3) is 3.45. The molecule has 142 valence electrons. The van der Waals surface area contributed by atoms with Gasteiger partial charge in [-0.3, -0.25) is 4.90 Å². The minimum absolute atomic E-state index is 0.201. The molecule has 5 nitrogen and oxygen atoms in total. The van der Waals surface area contributed by atoms with E-state index in [0.29, 0.717) is 12.4 Å². The first-order valence-electron chi connectivity index (χ1n) is 9.58. The van der Waals surface area contributed by atoms with E-state index in [1.807, 2.05) is 37.3 Å². The van der Waals surface area contributed by atoms with Crippen molar-refractivity contribution in [3.63, 3.8) is 0 Å². The summed E-state index contributed by atoms with van der Waals surface area (Å²) in [5, 5.41) is 11.8. The van der Waals surface area contributed by atoms with Gasteiger partial charge in [-0.05, 0) is 43.8 Å². The van der Waals surface area contributed by atoms with Crippen molar-refractivity contribution < 1.29 is 14.3 Å². The van der Waals surface area contributed by atoms with Crippen LogP contribution in [0.25, 0.3) is 22.2 Å². The number of oxazole rings is 1. The molecule has 1 aliphatic rings. The van der Waals surface area contributed by atoms with E-state index in [1.165, 1.54) is 12.8 Å². The first-order valence-corrected chi connectivity index (χ1v) is 9.58. The Morgan fingerprint density at radius 3 is 2.78 bits per heavy atom. The largest absolute Gasteiger partial charge is 0.496 e. The molecule has 0 aliphatic carbocycles. The van der Waals surface area contributed by atoms with E-state index < -0.39 is 0 Å². The normalized spacial score (nSPS) is 18.1. The zero-order valence-electron chi connectivity index (χ0n) is 15.9. The fourth-order valence-corrected chi connectivity index (χ4v) is 3.99. The van der Waals surface area contributed by atoms with Crippen molar-refractivity contribution >= 4 is 10.8 Å². The van der Waals surface area contributed by atoms with E-state index >= 15 is 0 Å². The van der Waals surface area contributed by atoms with Gasteiger partial charge in [0.05, 0.1) is 19.4 Å². The topological polar surface area (TPSA) is 58.7 Å². The smallest absolute Gasteiger partial charge is 0.227 e. The second kappa shape index (κ2) is 7.71. The molecule has 27 heavy (non-hydrogen) atoms. The van der Waals surface area contributed by atoms with E-state index in [-0.39, 0.29) is 12.6 Å². The van der Waals surface area contributed by atoms with Gasteiger partial charge in [0.2, 0.25) is 5.89 Å². The first kappa shape index (κ1) is 18.0. The summed E-state index contributed by atoms with van der Waals surface area (Å²) in [6.07, 6.45) is 3.40. The monoisotopic (exact) mass is 366 g/mol. The highest BCUT2D eigenvalue weighted by Gasteiger charge is 2.24. The van der Waals surface area contributed by atoms with Crippen LogP contribution in [0.2, 0.25) is 0 Å². The van der Waals surface area contributed by atoms with Crippen LogP contribution in [0.5, 0.6) is 5.75 Å². The quantitative estimate of drug-likeness (QED) is 0.735. The van der Waals surface area contributed by atoms with Crippen molar-refractivity contribution in [2.75, 3.05) is 20.3 Å². The number of nitrogens with zero attached hydrogens (tertiary/aromatic N) is 2. The number of aliphatic hydroxyl groups is 1. The van der Waals surface area contributed by atoms with Crippen molar-refractivity contribution in [1.82, 2.24) is 9.88 Å². The summed E-state index contributed by atoms with van der Waals surface area (Å²) in [5.41, 5.74) is 1.92. The summed E-state index contributed by atoms with van der Waals surface area (Å²) in [5.74, 6) is 2.32. The number of benzene rings is 2. The maximum absolute atomic E-state index is 9.66. The lowest BCUT2D eigenvalue weighted by atomic mass is 10.0. The Bertz CT molecular complexity index is 934. The van der Waals surface area contributed by atoms with E-state index in [0.717, 1.165) is 46.5 Å². The number of hydrogen-bond acceptors (Lipinski definition) is 5. The average molecular weight is 366 g/mol. The van der Waals surface area contributed by atoms with Gasteiger partial charge in [0.1, 0.15) is 11.5 Å². The molecule has 1 aliphatic heterocycles. The van der Waals surface area contributed by atoms with E-state index in [1.54, 1.807) is 7.11 Å². The number of rotatable bonds is 5. The number of piperidine rings is 1. The molecule has 0 amide bonds. The van der Waals surface area contributed by atoms with Crippen LogP contribution in [0.3, 0.4) is 0 Å². The van der Waals surface area contributed by atoms with Gasteiger partial charge in [0.25, 0.3) is 0 Å². The molecule has 5 heteroatoms. The van der Waals surface area contributed by atoms with E-state index in [2.05, 4.69) is 11.0 Å². The third-order valence-electron chi connectivity index (χ3n) is 5.54. The molecule has 4 rings (SSSR count). The summed E-state index contributed by atoms with van der Waals surface area (Å²) in [4.78, 5) is 7.14. The molecule has 1 saturated heterocycles. The van der Waals surface area contributed by atoms with Crippen molar-refractivity contribution in [2.24, 2.45) is 0 Å². The number of aliphatic hydroxyl groups excluding tert-OH is 1. The predicted molar refractivity (Wildman–Crippen MR) is 106 cm³/mol. The number of hydrogen-bond donors (Lipinski definition) is 1. The summed E-state index contributed by atoms with van der Waals surface area (Å²) in [6, 6.07) is 12.3. The molecule has 3 aromatic rings.